The third-order valence-electron chi connectivity index (χ3n) is 6.39. The number of urea groups is 1. The Hall–Kier alpha value is -3.87. The van der Waals surface area contributed by atoms with Gasteiger partial charge in [-0.15, -0.1) is 0 Å². The predicted molar refractivity (Wildman–Crippen MR) is 149 cm³/mol. The second-order valence-corrected chi connectivity index (χ2v) is 9.60. The minimum atomic E-state index is -1.20. The maximum atomic E-state index is 13.1. The van der Waals surface area contributed by atoms with Crippen molar-refractivity contribution >= 4 is 29.9 Å². The van der Waals surface area contributed by atoms with Gasteiger partial charge >= 0.3 is 18.1 Å². The fourth-order valence-corrected chi connectivity index (χ4v) is 3.80. The van der Waals surface area contributed by atoms with Crippen LogP contribution in [0.25, 0.3) is 0 Å². The smallest absolute Gasteiger partial charge is 0.407 e. The summed E-state index contributed by atoms with van der Waals surface area (Å²) < 4.78 is 5.16. The van der Waals surface area contributed by atoms with Gasteiger partial charge < -0.3 is 42.6 Å². The summed E-state index contributed by atoms with van der Waals surface area (Å²) >= 11 is 0. The van der Waals surface area contributed by atoms with E-state index in [1.54, 1.807) is 6.92 Å². The Bertz CT molecular complexity index is 947. The van der Waals surface area contributed by atoms with Crippen molar-refractivity contribution in [3.05, 3.63) is 35.9 Å². The van der Waals surface area contributed by atoms with Crippen LogP contribution in [0.5, 0.6) is 0 Å². The zero-order chi connectivity index (χ0) is 29.9. The number of hydrogen-bond donors (Lipinski definition) is 7. The SMILES string of the molecule is CC[C@@H](C)[C@H](NC(=O)[C@@H](CCCCNC(=O)OCc1ccccc1)NC(=O)N[C@@H](CCCCN)C(=O)O)C(N)=O. The lowest BCUT2D eigenvalue weighted by Crippen LogP contribution is -2.57. The highest BCUT2D eigenvalue weighted by atomic mass is 16.5. The maximum absolute atomic E-state index is 13.1. The second-order valence-electron chi connectivity index (χ2n) is 9.60. The molecular weight excluding hydrogens is 520 g/mol. The number of alkyl carbamates (subject to hydrolysis) is 1. The van der Waals surface area contributed by atoms with Crippen LogP contribution in [0, 0.1) is 5.92 Å². The molecule has 40 heavy (non-hydrogen) atoms. The van der Waals surface area contributed by atoms with Crippen molar-refractivity contribution in [1.82, 2.24) is 21.3 Å². The van der Waals surface area contributed by atoms with Gasteiger partial charge in [0.15, 0.2) is 0 Å². The zero-order valence-electron chi connectivity index (χ0n) is 23.3. The summed E-state index contributed by atoms with van der Waals surface area (Å²) in [5.74, 6) is -2.76. The largest absolute Gasteiger partial charge is 0.480 e. The number of carboxylic acids is 1. The lowest BCUT2D eigenvalue weighted by molar-refractivity contribution is -0.139. The molecule has 0 saturated heterocycles. The molecule has 0 aliphatic heterocycles. The Balaban J connectivity index is 2.70. The van der Waals surface area contributed by atoms with Crippen LogP contribution in [0.1, 0.15) is 64.4 Å². The molecule has 0 unspecified atom stereocenters. The number of nitrogens with two attached hydrogens (primary N) is 2. The van der Waals surface area contributed by atoms with Gasteiger partial charge in [0.25, 0.3) is 0 Å². The molecule has 4 atom stereocenters. The molecule has 0 radical (unpaired) electrons. The number of ether oxygens (including phenoxy) is 1. The van der Waals surface area contributed by atoms with Crippen LogP contribution >= 0.6 is 0 Å². The third kappa shape index (κ3) is 13.8. The molecule has 0 aromatic heterocycles. The predicted octanol–water partition coefficient (Wildman–Crippen LogP) is 1.35. The number of carbonyl (C=O) groups excluding carboxylic acids is 4. The van der Waals surface area contributed by atoms with E-state index < -0.39 is 48.0 Å². The van der Waals surface area contributed by atoms with Gasteiger partial charge in [0.2, 0.25) is 11.8 Å². The molecule has 224 valence electrons. The number of carbonyl (C=O) groups is 5. The van der Waals surface area contributed by atoms with Crippen molar-refractivity contribution < 1.29 is 33.8 Å². The van der Waals surface area contributed by atoms with Crippen molar-refractivity contribution in [2.75, 3.05) is 13.1 Å². The number of benzene rings is 1. The fraction of sp³-hybridized carbons (Fsp3) is 0.593. The standard InChI is InChI=1S/C27H44N6O7/c1-3-18(2)22(23(29)34)33-24(35)20(31-26(38)32-21(25(36)37)14-7-9-15-28)13-8-10-16-30-27(39)40-17-19-11-5-4-6-12-19/h4-6,11-12,18,20-22H,3,7-10,13-17,28H2,1-2H3,(H2,29,34)(H,30,39)(H,33,35)(H,36,37)(H2,31,32,38)/t18-,20-,21+,22+/m1/s1. The van der Waals surface area contributed by atoms with E-state index in [4.69, 9.17) is 16.2 Å². The highest BCUT2D eigenvalue weighted by Gasteiger charge is 2.29. The normalized spacial score (nSPS) is 13.7. The summed E-state index contributed by atoms with van der Waals surface area (Å²) in [5.41, 5.74) is 11.8. The first kappa shape index (κ1) is 34.2. The Labute approximate surface area is 235 Å². The first-order valence-corrected chi connectivity index (χ1v) is 13.6. The highest BCUT2D eigenvalue weighted by Crippen LogP contribution is 2.10. The number of carboxylic acid groups (broad SMARTS) is 1. The molecule has 0 aliphatic carbocycles. The van der Waals surface area contributed by atoms with Crippen molar-refractivity contribution in [3.63, 3.8) is 0 Å². The fourth-order valence-electron chi connectivity index (χ4n) is 3.80. The number of nitrogens with one attached hydrogen (secondary N) is 4. The topological polar surface area (TPSA) is 215 Å². The van der Waals surface area contributed by atoms with Crippen LogP contribution < -0.4 is 32.7 Å². The highest BCUT2D eigenvalue weighted by molar-refractivity contribution is 5.92. The zero-order valence-corrected chi connectivity index (χ0v) is 23.3. The second kappa shape index (κ2) is 19.2. The number of amides is 5. The Morgan fingerprint density at radius 3 is 2.15 bits per heavy atom. The number of aliphatic carboxylic acids is 1. The monoisotopic (exact) mass is 564 g/mol. The quantitative estimate of drug-likeness (QED) is 0.121. The molecule has 5 amide bonds. The number of primary amides is 1. The molecule has 1 rings (SSSR count). The van der Waals surface area contributed by atoms with Crippen molar-refractivity contribution in [3.8, 4) is 0 Å². The van der Waals surface area contributed by atoms with Crippen LogP contribution in [-0.2, 0) is 25.7 Å². The molecule has 0 bridgehead atoms. The number of hydrogen-bond acceptors (Lipinski definition) is 7. The number of rotatable bonds is 19. The summed E-state index contributed by atoms with van der Waals surface area (Å²) in [5, 5.41) is 19.6. The van der Waals surface area contributed by atoms with Gasteiger partial charge in [-0.25, -0.2) is 14.4 Å². The van der Waals surface area contributed by atoms with E-state index in [2.05, 4.69) is 21.3 Å². The summed E-state index contributed by atoms with van der Waals surface area (Å²) in [6.45, 7) is 4.43. The summed E-state index contributed by atoms with van der Waals surface area (Å²) in [6.07, 6.45) is 2.35. The van der Waals surface area contributed by atoms with Gasteiger partial charge in [0.1, 0.15) is 24.7 Å². The maximum Gasteiger partial charge on any atom is 0.407 e. The molecule has 1 aromatic carbocycles. The molecule has 0 aliphatic rings. The van der Waals surface area contributed by atoms with Crippen LogP contribution in [0.15, 0.2) is 30.3 Å². The van der Waals surface area contributed by atoms with E-state index in [1.807, 2.05) is 37.3 Å². The molecule has 0 fully saturated rings. The third-order valence-corrected chi connectivity index (χ3v) is 6.39. The van der Waals surface area contributed by atoms with Gasteiger partial charge in [-0.3, -0.25) is 9.59 Å². The first-order chi connectivity index (χ1) is 19.1. The Kier molecular flexibility index (Phi) is 16.4. The van der Waals surface area contributed by atoms with E-state index in [1.165, 1.54) is 0 Å². The van der Waals surface area contributed by atoms with E-state index in [0.717, 1.165) is 5.56 Å². The molecule has 1 aromatic rings. The first-order valence-electron chi connectivity index (χ1n) is 13.6. The molecule has 13 nitrogen and oxygen atoms in total. The van der Waals surface area contributed by atoms with Crippen molar-refractivity contribution in [1.29, 1.82) is 0 Å². The van der Waals surface area contributed by atoms with Crippen LogP contribution in [-0.4, -0.2) is 66.2 Å². The average Bonchev–Trinajstić information content (AvgIpc) is 2.93. The van der Waals surface area contributed by atoms with Crippen LogP contribution in [0.3, 0.4) is 0 Å². The summed E-state index contributed by atoms with van der Waals surface area (Å²) in [4.78, 5) is 61.1. The van der Waals surface area contributed by atoms with E-state index >= 15 is 0 Å². The van der Waals surface area contributed by atoms with Crippen LogP contribution in [0.4, 0.5) is 9.59 Å². The van der Waals surface area contributed by atoms with Gasteiger partial charge in [-0.05, 0) is 56.6 Å². The lowest BCUT2D eigenvalue weighted by atomic mass is 9.98. The Morgan fingerprint density at radius 1 is 0.925 bits per heavy atom. The Morgan fingerprint density at radius 2 is 1.55 bits per heavy atom. The minimum absolute atomic E-state index is 0.134. The summed E-state index contributed by atoms with van der Waals surface area (Å²) in [6, 6.07) is 5.23. The molecule has 0 heterocycles. The average molecular weight is 565 g/mol. The molecule has 13 heteroatoms. The molecule has 0 saturated carbocycles. The van der Waals surface area contributed by atoms with Gasteiger partial charge in [0.05, 0.1) is 0 Å². The summed E-state index contributed by atoms with van der Waals surface area (Å²) in [7, 11) is 0. The van der Waals surface area contributed by atoms with Crippen molar-refractivity contribution in [2.45, 2.75) is 83.5 Å². The van der Waals surface area contributed by atoms with Gasteiger partial charge in [-0.1, -0.05) is 50.6 Å². The van der Waals surface area contributed by atoms with Crippen LogP contribution in [0.2, 0.25) is 0 Å². The molecule has 0 spiro atoms. The van der Waals surface area contributed by atoms with Gasteiger partial charge in [-0.2, -0.15) is 0 Å². The van der Waals surface area contributed by atoms with E-state index in [9.17, 15) is 29.1 Å². The molecular formula is C27H44N6O7. The van der Waals surface area contributed by atoms with E-state index in [-0.39, 0.29) is 31.9 Å². The van der Waals surface area contributed by atoms with E-state index in [0.29, 0.717) is 38.6 Å². The van der Waals surface area contributed by atoms with Crippen molar-refractivity contribution in [2.24, 2.45) is 17.4 Å². The number of unbranched alkanes of at least 4 members (excludes halogenated alkanes) is 2. The lowest BCUT2D eigenvalue weighted by Gasteiger charge is -2.25. The van der Waals surface area contributed by atoms with Gasteiger partial charge in [0, 0.05) is 6.54 Å². The molecule has 9 N–H and O–H groups in total. The minimum Gasteiger partial charge on any atom is -0.480 e.